The van der Waals surface area contributed by atoms with E-state index in [1.807, 2.05) is 18.2 Å². The molecule has 0 bridgehead atoms. The van der Waals surface area contributed by atoms with Gasteiger partial charge in [-0.3, -0.25) is 0 Å². The fourth-order valence-electron chi connectivity index (χ4n) is 1.38. The number of hydrogen-bond donors (Lipinski definition) is 1. The van der Waals surface area contributed by atoms with E-state index in [0.29, 0.717) is 0 Å². The third-order valence-electron chi connectivity index (χ3n) is 2.28. The molecule has 0 radical (unpaired) electrons. The molecule has 1 aromatic carbocycles. The van der Waals surface area contributed by atoms with E-state index in [-0.39, 0.29) is 0 Å². The number of rotatable bonds is 2. The predicted octanol–water partition coefficient (Wildman–Crippen LogP) is 1.97. The average molecular weight is 205 g/mol. The Kier molecular flexibility index (Phi) is 2.50. The van der Waals surface area contributed by atoms with Crippen LogP contribution in [0.15, 0.2) is 35.2 Å². The van der Waals surface area contributed by atoms with E-state index < -0.39 is 0 Å². The summed E-state index contributed by atoms with van der Waals surface area (Å²) in [5.41, 5.74) is 11.3. The Morgan fingerprint density at radius 2 is 2.14 bits per heavy atom. The molecular weight excluding hydrogens is 192 g/mol. The van der Waals surface area contributed by atoms with Crippen LogP contribution in [0, 0.1) is 6.92 Å². The predicted molar refractivity (Wildman–Crippen MR) is 59.2 cm³/mol. The van der Waals surface area contributed by atoms with Crippen LogP contribution in [-0.4, -0.2) is 0 Å². The first-order chi connectivity index (χ1) is 6.77. The maximum absolute atomic E-state index is 5.88. The monoisotopic (exact) mass is 205 g/mol. The van der Waals surface area contributed by atoms with Gasteiger partial charge in [0.25, 0.3) is 0 Å². The number of aromatic nitrogens is 1. The first-order valence-electron chi connectivity index (χ1n) is 4.53. The van der Waals surface area contributed by atoms with Crippen LogP contribution in [0.5, 0.6) is 0 Å². The SMILES string of the molecule is Cc1csc[n+]1Cc1ccccc1N. The second-order valence-electron chi connectivity index (χ2n) is 3.33. The van der Waals surface area contributed by atoms with Crippen molar-refractivity contribution in [2.45, 2.75) is 13.5 Å². The normalized spacial score (nSPS) is 10.4. The van der Waals surface area contributed by atoms with Crippen molar-refractivity contribution in [2.24, 2.45) is 0 Å². The maximum Gasteiger partial charge on any atom is 0.225 e. The van der Waals surface area contributed by atoms with Crippen molar-refractivity contribution in [3.8, 4) is 0 Å². The van der Waals surface area contributed by atoms with Crippen molar-refractivity contribution in [3.63, 3.8) is 0 Å². The zero-order valence-electron chi connectivity index (χ0n) is 8.10. The molecule has 0 atom stereocenters. The van der Waals surface area contributed by atoms with Crippen LogP contribution in [0.4, 0.5) is 5.69 Å². The van der Waals surface area contributed by atoms with Crippen molar-refractivity contribution in [2.75, 3.05) is 5.73 Å². The van der Waals surface area contributed by atoms with Crippen LogP contribution in [0.2, 0.25) is 0 Å². The molecule has 0 aliphatic rings. The molecule has 3 heteroatoms. The van der Waals surface area contributed by atoms with Gasteiger partial charge in [-0.15, -0.1) is 0 Å². The summed E-state index contributed by atoms with van der Waals surface area (Å²) in [6.45, 7) is 2.97. The minimum absolute atomic E-state index is 0.863. The van der Waals surface area contributed by atoms with Crippen molar-refractivity contribution in [1.29, 1.82) is 0 Å². The van der Waals surface area contributed by atoms with Gasteiger partial charge in [-0.1, -0.05) is 29.5 Å². The van der Waals surface area contributed by atoms with Crippen LogP contribution < -0.4 is 10.3 Å². The number of nitrogens with zero attached hydrogens (tertiary/aromatic N) is 1. The van der Waals surface area contributed by atoms with Gasteiger partial charge in [0.2, 0.25) is 5.51 Å². The molecule has 1 heterocycles. The number of nitrogens with two attached hydrogens (primary N) is 1. The van der Waals surface area contributed by atoms with Crippen LogP contribution in [0.1, 0.15) is 11.3 Å². The molecule has 72 valence electrons. The summed E-state index contributed by atoms with van der Waals surface area (Å²) in [6, 6.07) is 8.00. The summed E-state index contributed by atoms with van der Waals surface area (Å²) in [4.78, 5) is 0. The van der Waals surface area contributed by atoms with Crippen molar-refractivity contribution < 1.29 is 4.57 Å². The van der Waals surface area contributed by atoms with Gasteiger partial charge in [0.1, 0.15) is 0 Å². The Hall–Kier alpha value is -1.35. The van der Waals surface area contributed by atoms with Crippen LogP contribution >= 0.6 is 11.3 Å². The number of thiazole rings is 1. The molecule has 0 saturated carbocycles. The number of aryl methyl sites for hydroxylation is 1. The third-order valence-corrected chi connectivity index (χ3v) is 3.13. The highest BCUT2D eigenvalue weighted by molar-refractivity contribution is 7.07. The van der Waals surface area contributed by atoms with Crippen LogP contribution in [0.3, 0.4) is 0 Å². The molecule has 2 rings (SSSR count). The molecule has 0 spiro atoms. The molecule has 2 aromatic rings. The summed E-state index contributed by atoms with van der Waals surface area (Å²) < 4.78 is 2.20. The van der Waals surface area contributed by atoms with E-state index in [9.17, 15) is 0 Å². The molecule has 2 nitrogen and oxygen atoms in total. The number of nitrogen functional groups attached to an aromatic ring is 1. The van der Waals surface area contributed by atoms with Crippen LogP contribution in [0.25, 0.3) is 0 Å². The fourth-order valence-corrected chi connectivity index (χ4v) is 2.16. The summed E-state index contributed by atoms with van der Waals surface area (Å²) >= 11 is 1.71. The lowest BCUT2D eigenvalue weighted by Crippen LogP contribution is -2.34. The van der Waals surface area contributed by atoms with E-state index >= 15 is 0 Å². The highest BCUT2D eigenvalue weighted by Crippen LogP contribution is 2.10. The molecule has 0 unspecified atom stereocenters. The van der Waals surface area contributed by atoms with Gasteiger partial charge in [-0.25, -0.2) is 0 Å². The number of para-hydroxylation sites is 1. The standard InChI is InChI=1S/C11H13N2S/c1-9-7-14-8-13(9)6-10-4-2-3-5-11(10)12/h2-5,7-8H,6,12H2,1H3/q+1. The van der Waals surface area contributed by atoms with E-state index in [1.165, 1.54) is 11.3 Å². The van der Waals surface area contributed by atoms with E-state index in [2.05, 4.69) is 28.4 Å². The lowest BCUT2D eigenvalue weighted by Gasteiger charge is -2.00. The Morgan fingerprint density at radius 3 is 2.79 bits per heavy atom. The first kappa shape index (κ1) is 9.21. The molecule has 1 aromatic heterocycles. The molecule has 0 aliphatic carbocycles. The first-order valence-corrected chi connectivity index (χ1v) is 5.47. The quantitative estimate of drug-likeness (QED) is 0.589. The smallest absolute Gasteiger partial charge is 0.225 e. The van der Waals surface area contributed by atoms with Gasteiger partial charge >= 0.3 is 0 Å². The molecule has 0 fully saturated rings. The Bertz CT molecular complexity index is 434. The zero-order valence-corrected chi connectivity index (χ0v) is 8.92. The van der Waals surface area contributed by atoms with Crippen molar-refractivity contribution >= 4 is 17.0 Å². The lowest BCUT2D eigenvalue weighted by molar-refractivity contribution is -0.689. The lowest BCUT2D eigenvalue weighted by atomic mass is 10.2. The van der Waals surface area contributed by atoms with Gasteiger partial charge in [0, 0.05) is 18.2 Å². The number of hydrogen-bond acceptors (Lipinski definition) is 2. The zero-order chi connectivity index (χ0) is 9.97. The Labute approximate surface area is 87.6 Å². The van der Waals surface area contributed by atoms with Gasteiger partial charge in [-0.2, -0.15) is 4.57 Å². The summed E-state index contributed by atoms with van der Waals surface area (Å²) in [5, 5.41) is 2.14. The molecule has 14 heavy (non-hydrogen) atoms. The minimum atomic E-state index is 0.863. The highest BCUT2D eigenvalue weighted by atomic mass is 32.1. The van der Waals surface area contributed by atoms with E-state index in [0.717, 1.165) is 12.2 Å². The minimum Gasteiger partial charge on any atom is -0.398 e. The molecule has 0 aliphatic heterocycles. The fraction of sp³-hybridized carbons (Fsp3) is 0.182. The average Bonchev–Trinajstić information content (AvgIpc) is 2.56. The van der Waals surface area contributed by atoms with Crippen LogP contribution in [-0.2, 0) is 6.54 Å². The van der Waals surface area contributed by atoms with Gasteiger partial charge in [-0.05, 0) is 6.07 Å². The summed E-state index contributed by atoms with van der Waals surface area (Å²) in [6.07, 6.45) is 0. The Balaban J connectivity index is 2.28. The van der Waals surface area contributed by atoms with Gasteiger partial charge < -0.3 is 5.73 Å². The van der Waals surface area contributed by atoms with E-state index in [1.54, 1.807) is 11.3 Å². The largest absolute Gasteiger partial charge is 0.398 e. The van der Waals surface area contributed by atoms with Crippen molar-refractivity contribution in [1.82, 2.24) is 0 Å². The summed E-state index contributed by atoms with van der Waals surface area (Å²) in [7, 11) is 0. The molecular formula is C11H13N2S+. The summed E-state index contributed by atoms with van der Waals surface area (Å²) in [5.74, 6) is 0. The van der Waals surface area contributed by atoms with Gasteiger partial charge in [0.15, 0.2) is 12.2 Å². The second-order valence-corrected chi connectivity index (χ2v) is 4.05. The molecule has 2 N–H and O–H groups in total. The maximum atomic E-state index is 5.88. The topological polar surface area (TPSA) is 29.9 Å². The number of benzene rings is 1. The second kappa shape index (κ2) is 3.80. The number of anilines is 1. The Morgan fingerprint density at radius 1 is 1.36 bits per heavy atom. The molecule has 0 saturated heterocycles. The third kappa shape index (κ3) is 1.77. The molecule has 0 amide bonds. The van der Waals surface area contributed by atoms with E-state index in [4.69, 9.17) is 5.73 Å². The highest BCUT2D eigenvalue weighted by Gasteiger charge is 2.09. The van der Waals surface area contributed by atoms with Crippen molar-refractivity contribution in [3.05, 3.63) is 46.4 Å². The van der Waals surface area contributed by atoms with Gasteiger partial charge in [0.05, 0.1) is 5.38 Å².